The summed E-state index contributed by atoms with van der Waals surface area (Å²) < 4.78 is 11.3. The van der Waals surface area contributed by atoms with Crippen LogP contribution in [0.3, 0.4) is 0 Å². The highest BCUT2D eigenvalue weighted by Crippen LogP contribution is 2.21. The molecular weight excluding hydrogens is 214 g/mol. The fourth-order valence-electron chi connectivity index (χ4n) is 2.44. The highest BCUT2D eigenvalue weighted by molar-refractivity contribution is 5.09. The van der Waals surface area contributed by atoms with E-state index in [9.17, 15) is 0 Å². The molecule has 3 nitrogen and oxygen atoms in total. The Labute approximate surface area is 104 Å². The number of aryl methyl sites for hydroxylation is 1. The largest absolute Gasteiger partial charge is 0.465 e. The Morgan fingerprint density at radius 2 is 2.29 bits per heavy atom. The van der Waals surface area contributed by atoms with Gasteiger partial charge in [-0.25, -0.2) is 0 Å². The maximum Gasteiger partial charge on any atom is 0.120 e. The molecule has 3 atom stereocenters. The van der Waals surface area contributed by atoms with E-state index in [0.717, 1.165) is 37.4 Å². The Kier molecular flexibility index (Phi) is 4.24. The summed E-state index contributed by atoms with van der Waals surface area (Å²) in [5, 5.41) is 3.64. The third kappa shape index (κ3) is 3.33. The molecular formula is C14H23NO2. The summed E-state index contributed by atoms with van der Waals surface area (Å²) >= 11 is 0. The second-order valence-electron chi connectivity index (χ2n) is 4.96. The maximum atomic E-state index is 5.69. The average Bonchev–Trinajstić information content (AvgIpc) is 2.76. The van der Waals surface area contributed by atoms with Crippen LogP contribution in [-0.2, 0) is 4.74 Å². The van der Waals surface area contributed by atoms with Gasteiger partial charge in [0.15, 0.2) is 0 Å². The molecule has 0 amide bonds. The minimum absolute atomic E-state index is 0.282. The van der Waals surface area contributed by atoms with Crippen molar-refractivity contribution in [1.29, 1.82) is 0 Å². The van der Waals surface area contributed by atoms with Crippen LogP contribution < -0.4 is 5.32 Å². The molecule has 0 aromatic carbocycles. The summed E-state index contributed by atoms with van der Waals surface area (Å²) in [6.07, 6.45) is 3.74. The van der Waals surface area contributed by atoms with E-state index in [0.29, 0.717) is 12.1 Å². The maximum absolute atomic E-state index is 5.69. The van der Waals surface area contributed by atoms with E-state index in [1.807, 2.05) is 13.0 Å². The summed E-state index contributed by atoms with van der Waals surface area (Å²) in [4.78, 5) is 0. The molecule has 2 heterocycles. The number of hydrogen-bond donors (Lipinski definition) is 1. The summed E-state index contributed by atoms with van der Waals surface area (Å²) in [6, 6.07) is 4.91. The van der Waals surface area contributed by atoms with Crippen LogP contribution in [0.4, 0.5) is 0 Å². The first kappa shape index (κ1) is 12.7. The third-order valence-corrected chi connectivity index (χ3v) is 3.50. The monoisotopic (exact) mass is 237 g/mol. The van der Waals surface area contributed by atoms with Crippen LogP contribution in [0.2, 0.25) is 0 Å². The summed E-state index contributed by atoms with van der Waals surface area (Å²) in [6.45, 7) is 7.21. The lowest BCUT2D eigenvalue weighted by Crippen LogP contribution is -2.39. The molecule has 0 spiro atoms. The highest BCUT2D eigenvalue weighted by Gasteiger charge is 2.23. The van der Waals surface area contributed by atoms with E-state index in [4.69, 9.17) is 9.15 Å². The molecule has 1 fully saturated rings. The van der Waals surface area contributed by atoms with Crippen LogP contribution in [0.25, 0.3) is 0 Å². The van der Waals surface area contributed by atoms with Gasteiger partial charge in [-0.3, -0.25) is 0 Å². The van der Waals surface area contributed by atoms with E-state index >= 15 is 0 Å². The van der Waals surface area contributed by atoms with Gasteiger partial charge in [0, 0.05) is 12.6 Å². The predicted molar refractivity (Wildman–Crippen MR) is 68.0 cm³/mol. The topological polar surface area (TPSA) is 34.4 Å². The number of furan rings is 1. The van der Waals surface area contributed by atoms with Gasteiger partial charge in [0.1, 0.15) is 11.5 Å². The zero-order valence-corrected chi connectivity index (χ0v) is 11.0. The SMILES string of the molecule is CCC1CC(NC(C)c2ccc(C)o2)CCO1. The zero-order chi connectivity index (χ0) is 12.3. The first-order valence-corrected chi connectivity index (χ1v) is 6.63. The summed E-state index contributed by atoms with van der Waals surface area (Å²) in [7, 11) is 0. The lowest BCUT2D eigenvalue weighted by Gasteiger charge is -2.31. The Balaban J connectivity index is 1.87. The second-order valence-corrected chi connectivity index (χ2v) is 4.96. The van der Waals surface area contributed by atoms with Gasteiger partial charge in [-0.2, -0.15) is 0 Å². The van der Waals surface area contributed by atoms with Gasteiger partial charge < -0.3 is 14.5 Å². The number of nitrogens with one attached hydrogen (secondary N) is 1. The smallest absolute Gasteiger partial charge is 0.120 e. The standard InChI is InChI=1S/C14H23NO2/c1-4-13-9-12(7-8-16-13)15-11(3)14-6-5-10(2)17-14/h5-6,11-13,15H,4,7-9H2,1-3H3. The van der Waals surface area contributed by atoms with Crippen molar-refractivity contribution in [2.75, 3.05) is 6.61 Å². The van der Waals surface area contributed by atoms with Crippen molar-refractivity contribution in [3.63, 3.8) is 0 Å². The van der Waals surface area contributed by atoms with E-state index in [1.54, 1.807) is 0 Å². The molecule has 1 N–H and O–H groups in total. The molecule has 1 aromatic heterocycles. The minimum atomic E-state index is 0.282. The molecule has 1 aliphatic rings. The number of rotatable bonds is 4. The van der Waals surface area contributed by atoms with Gasteiger partial charge >= 0.3 is 0 Å². The van der Waals surface area contributed by atoms with E-state index in [-0.39, 0.29) is 6.04 Å². The van der Waals surface area contributed by atoms with Gasteiger partial charge in [-0.15, -0.1) is 0 Å². The quantitative estimate of drug-likeness (QED) is 0.873. The lowest BCUT2D eigenvalue weighted by atomic mass is 10.0. The molecule has 1 saturated heterocycles. The van der Waals surface area contributed by atoms with Crippen LogP contribution in [-0.4, -0.2) is 18.8 Å². The fourth-order valence-corrected chi connectivity index (χ4v) is 2.44. The lowest BCUT2D eigenvalue weighted by molar-refractivity contribution is -0.00206. The average molecular weight is 237 g/mol. The van der Waals surface area contributed by atoms with E-state index in [1.165, 1.54) is 0 Å². The molecule has 3 unspecified atom stereocenters. The van der Waals surface area contributed by atoms with E-state index in [2.05, 4.69) is 25.2 Å². The van der Waals surface area contributed by atoms with Crippen LogP contribution in [0.1, 0.15) is 50.7 Å². The fraction of sp³-hybridized carbons (Fsp3) is 0.714. The first-order chi connectivity index (χ1) is 8.19. The molecule has 96 valence electrons. The van der Waals surface area contributed by atoms with Gasteiger partial charge in [-0.1, -0.05) is 6.92 Å². The first-order valence-electron chi connectivity index (χ1n) is 6.63. The Morgan fingerprint density at radius 1 is 1.47 bits per heavy atom. The van der Waals surface area contributed by atoms with Crippen molar-refractivity contribution < 1.29 is 9.15 Å². The molecule has 1 aromatic rings. The van der Waals surface area contributed by atoms with Crippen molar-refractivity contribution >= 4 is 0 Å². The van der Waals surface area contributed by atoms with Crippen molar-refractivity contribution in [3.05, 3.63) is 23.7 Å². The molecule has 0 radical (unpaired) electrons. The molecule has 1 aliphatic heterocycles. The molecule has 0 saturated carbocycles. The van der Waals surface area contributed by atoms with Crippen molar-refractivity contribution in [1.82, 2.24) is 5.32 Å². The molecule has 0 aliphatic carbocycles. The van der Waals surface area contributed by atoms with Gasteiger partial charge in [0.2, 0.25) is 0 Å². The Hall–Kier alpha value is -0.800. The van der Waals surface area contributed by atoms with Crippen LogP contribution in [0, 0.1) is 6.92 Å². The van der Waals surface area contributed by atoms with Crippen molar-refractivity contribution in [3.8, 4) is 0 Å². The van der Waals surface area contributed by atoms with Gasteiger partial charge in [0.05, 0.1) is 12.1 Å². The second kappa shape index (κ2) is 5.69. The van der Waals surface area contributed by atoms with Crippen LogP contribution >= 0.6 is 0 Å². The summed E-state index contributed by atoms with van der Waals surface area (Å²) in [5.74, 6) is 2.01. The highest BCUT2D eigenvalue weighted by atomic mass is 16.5. The van der Waals surface area contributed by atoms with Gasteiger partial charge in [0.25, 0.3) is 0 Å². The summed E-state index contributed by atoms with van der Waals surface area (Å²) in [5.41, 5.74) is 0. The molecule has 17 heavy (non-hydrogen) atoms. The van der Waals surface area contributed by atoms with Crippen molar-refractivity contribution in [2.45, 2.75) is 58.2 Å². The predicted octanol–water partition coefficient (Wildman–Crippen LogP) is 3.20. The zero-order valence-electron chi connectivity index (χ0n) is 11.0. The third-order valence-electron chi connectivity index (χ3n) is 3.50. The Morgan fingerprint density at radius 3 is 2.94 bits per heavy atom. The van der Waals surface area contributed by atoms with E-state index < -0.39 is 0 Å². The Bertz CT molecular complexity index is 348. The van der Waals surface area contributed by atoms with Gasteiger partial charge in [-0.05, 0) is 45.2 Å². The molecule has 0 bridgehead atoms. The van der Waals surface area contributed by atoms with Crippen LogP contribution in [0.15, 0.2) is 16.5 Å². The normalized spacial score (nSPS) is 27.0. The van der Waals surface area contributed by atoms with Crippen LogP contribution in [0.5, 0.6) is 0 Å². The molecule has 2 rings (SSSR count). The van der Waals surface area contributed by atoms with Crippen molar-refractivity contribution in [2.24, 2.45) is 0 Å². The molecule has 3 heteroatoms. The minimum Gasteiger partial charge on any atom is -0.465 e. The number of ether oxygens (including phenoxy) is 1. The number of hydrogen-bond acceptors (Lipinski definition) is 3.